The Balaban J connectivity index is 2.71. The minimum Gasteiger partial charge on any atom is -0.496 e. The molecular weight excluding hydrogens is 264 g/mol. The van der Waals surface area contributed by atoms with Crippen LogP contribution < -0.4 is 4.74 Å². The molecule has 1 amide bonds. The molecule has 1 aromatic rings. The van der Waals surface area contributed by atoms with Crippen LogP contribution in [0.2, 0.25) is 0 Å². The van der Waals surface area contributed by atoms with Gasteiger partial charge in [0.2, 0.25) is 5.91 Å². The van der Waals surface area contributed by atoms with Crippen LogP contribution in [0.1, 0.15) is 30.5 Å². The summed E-state index contributed by atoms with van der Waals surface area (Å²) in [6.07, 6.45) is 0. The van der Waals surface area contributed by atoms with Crippen LogP contribution in [-0.2, 0) is 11.3 Å². The van der Waals surface area contributed by atoms with Crippen molar-refractivity contribution in [2.75, 3.05) is 33.8 Å². The molecule has 4 nitrogen and oxygen atoms in total. The van der Waals surface area contributed by atoms with Crippen molar-refractivity contribution in [3.63, 3.8) is 0 Å². The van der Waals surface area contributed by atoms with Gasteiger partial charge in [0.1, 0.15) is 5.75 Å². The van der Waals surface area contributed by atoms with Crippen molar-refractivity contribution >= 4 is 5.91 Å². The fourth-order valence-electron chi connectivity index (χ4n) is 2.73. The number of methoxy groups -OCH3 is 1. The van der Waals surface area contributed by atoms with E-state index in [0.717, 1.165) is 36.5 Å². The third-order valence-electron chi connectivity index (χ3n) is 3.70. The summed E-state index contributed by atoms with van der Waals surface area (Å²) in [5.41, 5.74) is 3.48. The highest BCUT2D eigenvalue weighted by molar-refractivity contribution is 5.78. The van der Waals surface area contributed by atoms with E-state index >= 15 is 0 Å². The van der Waals surface area contributed by atoms with Gasteiger partial charge >= 0.3 is 0 Å². The topological polar surface area (TPSA) is 32.8 Å². The lowest BCUT2D eigenvalue weighted by Gasteiger charge is -2.23. The number of benzene rings is 1. The SMILES string of the molecule is CCN(CC)C(=O)CN(C)Cc1cc(C)c(OC)c(C)c1. The number of ether oxygens (including phenoxy) is 1. The van der Waals surface area contributed by atoms with E-state index in [9.17, 15) is 4.79 Å². The molecule has 0 bridgehead atoms. The van der Waals surface area contributed by atoms with Gasteiger partial charge < -0.3 is 9.64 Å². The summed E-state index contributed by atoms with van der Waals surface area (Å²) in [7, 11) is 3.68. The minimum absolute atomic E-state index is 0.185. The van der Waals surface area contributed by atoms with Crippen LogP contribution in [0.5, 0.6) is 5.75 Å². The van der Waals surface area contributed by atoms with E-state index < -0.39 is 0 Å². The number of amides is 1. The molecule has 21 heavy (non-hydrogen) atoms. The van der Waals surface area contributed by atoms with E-state index in [0.29, 0.717) is 6.54 Å². The Morgan fingerprint density at radius 2 is 1.67 bits per heavy atom. The number of aryl methyl sites for hydroxylation is 2. The first-order valence-corrected chi connectivity index (χ1v) is 7.53. The van der Waals surface area contributed by atoms with E-state index in [-0.39, 0.29) is 5.91 Å². The highest BCUT2D eigenvalue weighted by Gasteiger charge is 2.13. The molecule has 0 aliphatic heterocycles. The molecule has 1 rings (SSSR count). The van der Waals surface area contributed by atoms with E-state index in [1.165, 1.54) is 5.56 Å². The summed E-state index contributed by atoms with van der Waals surface area (Å²) >= 11 is 0. The monoisotopic (exact) mass is 292 g/mol. The maximum absolute atomic E-state index is 12.1. The number of carbonyl (C=O) groups is 1. The number of hydrogen-bond acceptors (Lipinski definition) is 3. The second-order valence-electron chi connectivity index (χ2n) is 5.50. The number of likely N-dealkylation sites (N-methyl/N-ethyl adjacent to an activating group) is 2. The Morgan fingerprint density at radius 3 is 2.10 bits per heavy atom. The number of hydrogen-bond donors (Lipinski definition) is 0. The van der Waals surface area contributed by atoms with Gasteiger partial charge in [0, 0.05) is 19.6 Å². The van der Waals surface area contributed by atoms with Crippen LogP contribution in [0.4, 0.5) is 0 Å². The zero-order chi connectivity index (χ0) is 16.0. The van der Waals surface area contributed by atoms with E-state index in [2.05, 4.69) is 30.9 Å². The Labute approximate surface area is 128 Å². The lowest BCUT2D eigenvalue weighted by atomic mass is 10.1. The second-order valence-corrected chi connectivity index (χ2v) is 5.50. The normalized spacial score (nSPS) is 10.8. The highest BCUT2D eigenvalue weighted by Crippen LogP contribution is 2.24. The molecule has 0 saturated heterocycles. The van der Waals surface area contributed by atoms with Gasteiger partial charge in [-0.3, -0.25) is 9.69 Å². The van der Waals surface area contributed by atoms with Crippen LogP contribution in [0.3, 0.4) is 0 Å². The Kier molecular flexibility index (Phi) is 6.69. The lowest BCUT2D eigenvalue weighted by Crippen LogP contribution is -2.38. The van der Waals surface area contributed by atoms with Crippen LogP contribution >= 0.6 is 0 Å². The summed E-state index contributed by atoms with van der Waals surface area (Å²) in [6.45, 7) is 10.9. The molecule has 0 unspecified atom stereocenters. The smallest absolute Gasteiger partial charge is 0.236 e. The second kappa shape index (κ2) is 8.03. The summed E-state index contributed by atoms with van der Waals surface area (Å²) in [5.74, 6) is 1.13. The average molecular weight is 292 g/mol. The minimum atomic E-state index is 0.185. The molecule has 118 valence electrons. The van der Waals surface area contributed by atoms with E-state index in [4.69, 9.17) is 4.74 Å². The van der Waals surface area contributed by atoms with Crippen LogP contribution in [0.25, 0.3) is 0 Å². The van der Waals surface area contributed by atoms with Gasteiger partial charge in [0.25, 0.3) is 0 Å². The zero-order valence-electron chi connectivity index (χ0n) is 14.2. The molecule has 0 saturated carbocycles. The predicted octanol–water partition coefficient (Wildman–Crippen LogP) is 2.61. The molecule has 0 atom stereocenters. The fourth-order valence-corrected chi connectivity index (χ4v) is 2.73. The summed E-state index contributed by atoms with van der Waals surface area (Å²) in [4.78, 5) is 16.0. The summed E-state index contributed by atoms with van der Waals surface area (Å²) < 4.78 is 5.39. The Bertz CT molecular complexity index is 459. The Hall–Kier alpha value is -1.55. The summed E-state index contributed by atoms with van der Waals surface area (Å²) in [6, 6.07) is 4.26. The molecule has 0 N–H and O–H groups in total. The third-order valence-corrected chi connectivity index (χ3v) is 3.70. The van der Waals surface area contributed by atoms with Crippen molar-refractivity contribution in [3.8, 4) is 5.75 Å². The molecule has 0 spiro atoms. The lowest BCUT2D eigenvalue weighted by molar-refractivity contribution is -0.131. The van der Waals surface area contributed by atoms with Crippen molar-refractivity contribution < 1.29 is 9.53 Å². The van der Waals surface area contributed by atoms with Crippen molar-refractivity contribution in [2.24, 2.45) is 0 Å². The van der Waals surface area contributed by atoms with Gasteiger partial charge in [-0.2, -0.15) is 0 Å². The maximum atomic E-state index is 12.1. The predicted molar refractivity (Wildman–Crippen MR) is 86.7 cm³/mol. The van der Waals surface area contributed by atoms with Gasteiger partial charge in [0.05, 0.1) is 13.7 Å². The first-order valence-electron chi connectivity index (χ1n) is 7.53. The molecule has 0 fully saturated rings. The van der Waals surface area contributed by atoms with Crippen molar-refractivity contribution in [3.05, 3.63) is 28.8 Å². The molecule has 0 aliphatic rings. The average Bonchev–Trinajstić information content (AvgIpc) is 2.39. The molecule has 1 aromatic carbocycles. The third kappa shape index (κ3) is 4.74. The molecular formula is C17H28N2O2. The largest absolute Gasteiger partial charge is 0.496 e. The van der Waals surface area contributed by atoms with E-state index in [1.807, 2.05) is 25.8 Å². The highest BCUT2D eigenvalue weighted by atomic mass is 16.5. The van der Waals surface area contributed by atoms with Crippen molar-refractivity contribution in [1.29, 1.82) is 0 Å². The van der Waals surface area contributed by atoms with Gasteiger partial charge in [-0.05, 0) is 51.4 Å². The molecule has 4 heteroatoms. The Morgan fingerprint density at radius 1 is 1.14 bits per heavy atom. The first kappa shape index (κ1) is 17.5. The number of nitrogens with zero attached hydrogens (tertiary/aromatic N) is 2. The van der Waals surface area contributed by atoms with E-state index in [1.54, 1.807) is 7.11 Å². The molecule has 0 aromatic heterocycles. The quantitative estimate of drug-likeness (QED) is 0.774. The zero-order valence-corrected chi connectivity index (χ0v) is 14.2. The number of rotatable bonds is 7. The molecule has 0 aliphatic carbocycles. The van der Waals surface area contributed by atoms with Gasteiger partial charge in [0.15, 0.2) is 0 Å². The van der Waals surface area contributed by atoms with Crippen LogP contribution in [0, 0.1) is 13.8 Å². The van der Waals surface area contributed by atoms with Crippen LogP contribution in [0.15, 0.2) is 12.1 Å². The summed E-state index contributed by atoms with van der Waals surface area (Å²) in [5, 5.41) is 0. The standard InChI is InChI=1S/C17H28N2O2/c1-7-19(8-2)16(20)12-18(5)11-15-9-13(3)17(21-6)14(4)10-15/h9-10H,7-8,11-12H2,1-6H3. The van der Waals surface area contributed by atoms with Gasteiger partial charge in [-0.15, -0.1) is 0 Å². The van der Waals surface area contributed by atoms with Crippen molar-refractivity contribution in [1.82, 2.24) is 9.80 Å². The maximum Gasteiger partial charge on any atom is 0.236 e. The van der Waals surface area contributed by atoms with Crippen LogP contribution in [-0.4, -0.2) is 49.5 Å². The first-order chi connectivity index (χ1) is 9.92. The number of carbonyl (C=O) groups excluding carboxylic acids is 1. The molecule has 0 heterocycles. The van der Waals surface area contributed by atoms with Crippen molar-refractivity contribution in [2.45, 2.75) is 34.2 Å². The van der Waals surface area contributed by atoms with Gasteiger partial charge in [-0.1, -0.05) is 12.1 Å². The van der Waals surface area contributed by atoms with Gasteiger partial charge in [-0.25, -0.2) is 0 Å². The fraction of sp³-hybridized carbons (Fsp3) is 0.588. The molecule has 0 radical (unpaired) electrons.